The second kappa shape index (κ2) is 5.14. The van der Waals surface area contributed by atoms with Crippen LogP contribution in [0, 0.1) is 0 Å². The van der Waals surface area contributed by atoms with Crippen molar-refractivity contribution in [1.82, 2.24) is 0 Å². The Hall–Kier alpha value is -2.89. The summed E-state index contributed by atoms with van der Waals surface area (Å²) in [6.07, 6.45) is -0.656. The lowest BCUT2D eigenvalue weighted by molar-refractivity contribution is -0.269. The van der Waals surface area contributed by atoms with Crippen molar-refractivity contribution in [2.75, 3.05) is 7.11 Å². The van der Waals surface area contributed by atoms with Crippen molar-refractivity contribution in [3.8, 4) is 28.7 Å². The molecule has 0 aliphatic carbocycles. The third-order valence-electron chi connectivity index (χ3n) is 3.54. The molecule has 1 heterocycles. The van der Waals surface area contributed by atoms with Gasteiger partial charge in [-0.3, -0.25) is 4.79 Å². The van der Waals surface area contributed by atoms with Crippen molar-refractivity contribution in [3.63, 3.8) is 0 Å². The zero-order chi connectivity index (χ0) is 15.9. The summed E-state index contributed by atoms with van der Waals surface area (Å²) in [7, 11) is 1.43. The molecule has 0 aromatic heterocycles. The normalized spacial score (nSPS) is 16.8. The number of carbonyl (C=O) groups is 1. The first-order chi connectivity index (χ1) is 10.5. The molecule has 2 aromatic rings. The van der Waals surface area contributed by atoms with Crippen LogP contribution < -0.4 is 14.6 Å². The fourth-order valence-corrected chi connectivity index (χ4v) is 2.50. The molecule has 6 nitrogen and oxygen atoms in total. The third kappa shape index (κ3) is 2.28. The van der Waals surface area contributed by atoms with Gasteiger partial charge in [0.25, 0.3) is 0 Å². The molecule has 0 amide bonds. The fraction of sp³-hybridized carbons (Fsp3) is 0.188. The van der Waals surface area contributed by atoms with E-state index >= 15 is 0 Å². The number of hydrogen-bond donors (Lipinski definition) is 2. The van der Waals surface area contributed by atoms with Gasteiger partial charge in [0, 0.05) is 6.07 Å². The van der Waals surface area contributed by atoms with Crippen molar-refractivity contribution >= 4 is 5.78 Å². The maximum Gasteiger partial charge on any atom is 0.170 e. The van der Waals surface area contributed by atoms with Gasteiger partial charge in [0.2, 0.25) is 0 Å². The lowest BCUT2D eigenvalue weighted by Gasteiger charge is -2.28. The Balaban J connectivity index is 1.98. The molecular formula is C16H13O6-. The molecule has 1 aliphatic heterocycles. The first-order valence-electron chi connectivity index (χ1n) is 6.60. The maximum absolute atomic E-state index is 12.2. The zero-order valence-electron chi connectivity index (χ0n) is 11.7. The molecular weight excluding hydrogens is 288 g/mol. The first-order valence-corrected chi connectivity index (χ1v) is 6.60. The Labute approximate surface area is 126 Å². The quantitative estimate of drug-likeness (QED) is 0.878. The highest BCUT2D eigenvalue weighted by Gasteiger charge is 2.29. The predicted octanol–water partition coefficient (Wildman–Crippen LogP) is 1.89. The highest BCUT2D eigenvalue weighted by molar-refractivity contribution is 6.02. The summed E-state index contributed by atoms with van der Waals surface area (Å²) in [5.74, 6) is -0.869. The zero-order valence-corrected chi connectivity index (χ0v) is 11.7. The number of ketones is 1. The summed E-state index contributed by atoms with van der Waals surface area (Å²) in [5.41, 5.74) is 0.528. The minimum Gasteiger partial charge on any atom is -0.872 e. The lowest BCUT2D eigenvalue weighted by atomic mass is 9.95. The largest absolute Gasteiger partial charge is 0.872 e. The predicted molar refractivity (Wildman–Crippen MR) is 74.5 cm³/mol. The van der Waals surface area contributed by atoms with E-state index in [9.17, 15) is 20.1 Å². The summed E-state index contributed by atoms with van der Waals surface area (Å²) < 4.78 is 10.6. The van der Waals surface area contributed by atoms with E-state index in [-0.39, 0.29) is 35.0 Å². The average Bonchev–Trinajstić information content (AvgIpc) is 2.45. The number of aromatic hydroxyl groups is 2. The van der Waals surface area contributed by atoms with Gasteiger partial charge in [-0.15, -0.1) is 0 Å². The highest BCUT2D eigenvalue weighted by atomic mass is 16.5. The number of benzene rings is 2. The van der Waals surface area contributed by atoms with Crippen LogP contribution in [0.15, 0.2) is 30.3 Å². The molecule has 0 unspecified atom stereocenters. The smallest absolute Gasteiger partial charge is 0.170 e. The van der Waals surface area contributed by atoms with Crippen molar-refractivity contribution in [2.24, 2.45) is 0 Å². The molecule has 22 heavy (non-hydrogen) atoms. The minimum atomic E-state index is -0.641. The number of Topliss-reactive ketones (excluding diaryl/α,β-unsaturated/α-hetero) is 1. The van der Waals surface area contributed by atoms with Crippen molar-refractivity contribution in [1.29, 1.82) is 0 Å². The molecule has 0 bridgehead atoms. The first kappa shape index (κ1) is 14.1. The summed E-state index contributed by atoms with van der Waals surface area (Å²) in [4.78, 5) is 12.2. The molecule has 2 N–H and O–H groups in total. The van der Waals surface area contributed by atoms with Crippen LogP contribution in [0.5, 0.6) is 28.7 Å². The minimum absolute atomic E-state index is 0.0151. The summed E-state index contributed by atoms with van der Waals surface area (Å²) in [5, 5.41) is 31.1. The van der Waals surface area contributed by atoms with E-state index in [1.165, 1.54) is 19.2 Å². The van der Waals surface area contributed by atoms with Crippen LogP contribution in [-0.2, 0) is 0 Å². The van der Waals surface area contributed by atoms with Gasteiger partial charge in [-0.2, -0.15) is 0 Å². The molecule has 3 rings (SSSR count). The highest BCUT2D eigenvalue weighted by Crippen LogP contribution is 2.41. The molecule has 0 fully saturated rings. The Morgan fingerprint density at radius 1 is 1.27 bits per heavy atom. The second-order valence-corrected chi connectivity index (χ2v) is 4.98. The van der Waals surface area contributed by atoms with Crippen molar-refractivity contribution in [3.05, 3.63) is 41.5 Å². The topological polar surface area (TPSA) is 99.1 Å². The number of methoxy groups -OCH3 is 1. The van der Waals surface area contributed by atoms with Crippen molar-refractivity contribution in [2.45, 2.75) is 12.5 Å². The molecule has 0 spiro atoms. The van der Waals surface area contributed by atoms with E-state index < -0.39 is 11.9 Å². The van der Waals surface area contributed by atoms with Gasteiger partial charge < -0.3 is 24.8 Å². The summed E-state index contributed by atoms with van der Waals surface area (Å²) >= 11 is 0. The molecule has 1 aliphatic rings. The van der Waals surface area contributed by atoms with Crippen LogP contribution in [0.1, 0.15) is 28.4 Å². The average molecular weight is 301 g/mol. The molecule has 0 saturated carbocycles. The van der Waals surface area contributed by atoms with Gasteiger partial charge in [0.1, 0.15) is 17.6 Å². The van der Waals surface area contributed by atoms with Crippen molar-refractivity contribution < 1.29 is 29.6 Å². The number of carbonyl (C=O) groups excluding carboxylic acids is 1. The van der Waals surface area contributed by atoms with E-state index in [4.69, 9.17) is 9.47 Å². The van der Waals surface area contributed by atoms with Crippen LogP contribution >= 0.6 is 0 Å². The second-order valence-electron chi connectivity index (χ2n) is 4.98. The number of fused-ring (bicyclic) bond motifs is 1. The summed E-state index contributed by atoms with van der Waals surface area (Å²) in [6, 6.07) is 6.91. The number of rotatable bonds is 2. The third-order valence-corrected chi connectivity index (χ3v) is 3.54. The van der Waals surface area contributed by atoms with Crippen LogP contribution in [0.4, 0.5) is 0 Å². The Bertz CT molecular complexity index is 753. The van der Waals surface area contributed by atoms with Gasteiger partial charge in [-0.1, -0.05) is 11.8 Å². The van der Waals surface area contributed by atoms with E-state index in [0.29, 0.717) is 11.3 Å². The molecule has 0 radical (unpaired) electrons. The molecule has 0 saturated heterocycles. The van der Waals surface area contributed by atoms with E-state index in [0.717, 1.165) is 6.07 Å². The van der Waals surface area contributed by atoms with Gasteiger partial charge in [-0.05, 0) is 23.8 Å². The Kier molecular flexibility index (Phi) is 3.29. The number of phenols is 2. The van der Waals surface area contributed by atoms with Crippen LogP contribution in [0.25, 0.3) is 0 Å². The number of hydrogen-bond acceptors (Lipinski definition) is 6. The summed E-state index contributed by atoms with van der Waals surface area (Å²) in [6.45, 7) is 0. The fourth-order valence-electron chi connectivity index (χ4n) is 2.50. The van der Waals surface area contributed by atoms with Crippen LogP contribution in [0.3, 0.4) is 0 Å². The van der Waals surface area contributed by atoms with E-state index in [2.05, 4.69) is 0 Å². The van der Waals surface area contributed by atoms with E-state index in [1.807, 2.05) is 0 Å². The molecule has 6 heteroatoms. The van der Waals surface area contributed by atoms with Gasteiger partial charge in [0.15, 0.2) is 17.3 Å². The SMILES string of the molecule is COc1ccc([C@@H]2CC(=O)c3c([O-])cc(O)cc3O2)cc1O. The Morgan fingerprint density at radius 3 is 2.73 bits per heavy atom. The van der Waals surface area contributed by atoms with Crippen LogP contribution in [-0.4, -0.2) is 23.1 Å². The molecule has 1 atom stereocenters. The molecule has 2 aromatic carbocycles. The van der Waals surface area contributed by atoms with Gasteiger partial charge in [-0.25, -0.2) is 0 Å². The maximum atomic E-state index is 12.2. The Morgan fingerprint density at radius 2 is 2.05 bits per heavy atom. The van der Waals surface area contributed by atoms with Crippen LogP contribution in [0.2, 0.25) is 0 Å². The monoisotopic (exact) mass is 301 g/mol. The number of ether oxygens (including phenoxy) is 2. The number of phenolic OH excluding ortho intramolecular Hbond substituents is 2. The standard InChI is InChI=1S/C16H14O6/c1-21-13-3-2-8(4-10(13)18)14-7-12(20)16-11(19)5-9(17)6-15(16)22-14/h2-6,14,17-19H,7H2,1H3/p-1/t14-/m0/s1. The van der Waals surface area contributed by atoms with Gasteiger partial charge in [0.05, 0.1) is 19.1 Å². The van der Waals surface area contributed by atoms with E-state index in [1.54, 1.807) is 12.1 Å². The molecule has 114 valence electrons. The van der Waals surface area contributed by atoms with Gasteiger partial charge >= 0.3 is 0 Å². The lowest BCUT2D eigenvalue weighted by Crippen LogP contribution is -2.21.